The van der Waals surface area contributed by atoms with Crippen molar-refractivity contribution in [2.75, 3.05) is 0 Å². The summed E-state index contributed by atoms with van der Waals surface area (Å²) in [5.74, 6) is 0.845. The highest BCUT2D eigenvalue weighted by atomic mass is 16.5. The first-order chi connectivity index (χ1) is 10.1. The summed E-state index contributed by atoms with van der Waals surface area (Å²) < 4.78 is 5.79. The second-order valence-electron chi connectivity index (χ2n) is 5.28. The van der Waals surface area contributed by atoms with E-state index in [0.717, 1.165) is 18.4 Å². The van der Waals surface area contributed by atoms with E-state index in [4.69, 9.17) is 11.2 Å². The summed E-state index contributed by atoms with van der Waals surface area (Å²) in [4.78, 5) is 11.4. The first kappa shape index (κ1) is 17.3. The fraction of sp³-hybridized carbons (Fsp3) is 0.500. The van der Waals surface area contributed by atoms with Crippen LogP contribution >= 0.6 is 0 Å². The van der Waals surface area contributed by atoms with Gasteiger partial charge in [-0.2, -0.15) is 0 Å². The molecular weight excluding hydrogens is 264 g/mol. The number of terminal acetylenes is 1. The predicted octanol–water partition coefficient (Wildman–Crippen LogP) is 3.73. The van der Waals surface area contributed by atoms with E-state index >= 15 is 0 Å². The third-order valence-electron chi connectivity index (χ3n) is 3.67. The molecule has 3 heteroatoms. The molecule has 0 heterocycles. The normalized spacial score (nSPS) is 14.9. The zero-order chi connectivity index (χ0) is 15.7. The van der Waals surface area contributed by atoms with E-state index in [-0.39, 0.29) is 6.10 Å². The number of hydrogen-bond donors (Lipinski definition) is 1. The number of unbranched alkanes of at least 4 members (excludes halogenated alkanes) is 1. The number of carboxylic acids is 1. The molecule has 0 spiro atoms. The van der Waals surface area contributed by atoms with Crippen molar-refractivity contribution in [2.24, 2.45) is 11.8 Å². The number of benzene rings is 1. The molecular formula is C18H24O3. The Morgan fingerprint density at radius 2 is 2.05 bits per heavy atom. The third-order valence-corrected chi connectivity index (χ3v) is 3.67. The molecule has 114 valence electrons. The summed E-state index contributed by atoms with van der Waals surface area (Å²) in [6.07, 6.45) is 7.69. The molecule has 1 aromatic carbocycles. The van der Waals surface area contributed by atoms with Gasteiger partial charge < -0.3 is 9.84 Å². The van der Waals surface area contributed by atoms with Crippen LogP contribution in [0.2, 0.25) is 0 Å². The van der Waals surface area contributed by atoms with E-state index in [2.05, 4.69) is 5.92 Å². The monoisotopic (exact) mass is 288 g/mol. The van der Waals surface area contributed by atoms with Gasteiger partial charge in [-0.1, -0.05) is 56.0 Å². The van der Waals surface area contributed by atoms with Crippen LogP contribution in [0.4, 0.5) is 0 Å². The Morgan fingerprint density at radius 1 is 1.38 bits per heavy atom. The smallest absolute Gasteiger partial charge is 0.307 e. The van der Waals surface area contributed by atoms with Gasteiger partial charge in [0.2, 0.25) is 0 Å². The van der Waals surface area contributed by atoms with Crippen molar-refractivity contribution in [1.29, 1.82) is 0 Å². The molecule has 0 amide bonds. The molecule has 0 aliphatic carbocycles. The van der Waals surface area contributed by atoms with Crippen molar-refractivity contribution in [3.8, 4) is 12.3 Å². The van der Waals surface area contributed by atoms with Crippen molar-refractivity contribution in [3.05, 3.63) is 35.9 Å². The second-order valence-corrected chi connectivity index (χ2v) is 5.28. The van der Waals surface area contributed by atoms with E-state index in [1.165, 1.54) is 0 Å². The van der Waals surface area contributed by atoms with Crippen LogP contribution in [0.1, 0.15) is 38.7 Å². The Labute approximate surface area is 127 Å². The van der Waals surface area contributed by atoms with Gasteiger partial charge in [-0.3, -0.25) is 4.79 Å². The summed E-state index contributed by atoms with van der Waals surface area (Å²) in [6.45, 7) is 4.34. The molecule has 0 saturated carbocycles. The van der Waals surface area contributed by atoms with Crippen LogP contribution in [-0.2, 0) is 16.1 Å². The van der Waals surface area contributed by atoms with Crippen molar-refractivity contribution in [1.82, 2.24) is 0 Å². The quantitative estimate of drug-likeness (QED) is 0.704. The van der Waals surface area contributed by atoms with E-state index in [1.54, 1.807) is 0 Å². The van der Waals surface area contributed by atoms with Crippen molar-refractivity contribution in [2.45, 2.75) is 45.8 Å². The second kappa shape index (κ2) is 9.20. The van der Waals surface area contributed by atoms with Crippen LogP contribution in [0.25, 0.3) is 0 Å². The Morgan fingerprint density at radius 3 is 2.57 bits per heavy atom. The molecule has 0 aliphatic rings. The molecule has 0 unspecified atom stereocenters. The van der Waals surface area contributed by atoms with E-state index in [1.807, 2.05) is 44.2 Å². The Balaban J connectivity index is 2.64. The molecule has 1 N–H and O–H groups in total. The molecule has 1 aromatic rings. The SMILES string of the molecule is C#C[C@H]([C@H](C)OCc1ccccc1)[C@@H](CCCC)C(=O)O. The Bertz CT molecular complexity index is 461. The summed E-state index contributed by atoms with van der Waals surface area (Å²) >= 11 is 0. The minimum atomic E-state index is -0.832. The summed E-state index contributed by atoms with van der Waals surface area (Å²) in [6, 6.07) is 9.79. The van der Waals surface area contributed by atoms with Crippen molar-refractivity contribution in [3.63, 3.8) is 0 Å². The van der Waals surface area contributed by atoms with Crippen molar-refractivity contribution < 1.29 is 14.6 Å². The molecule has 0 fully saturated rings. The molecule has 0 aliphatic heterocycles. The van der Waals surface area contributed by atoms with Crippen molar-refractivity contribution >= 4 is 5.97 Å². The van der Waals surface area contributed by atoms with Gasteiger partial charge in [-0.05, 0) is 18.9 Å². The summed E-state index contributed by atoms with van der Waals surface area (Å²) in [5.41, 5.74) is 1.06. The van der Waals surface area contributed by atoms with Gasteiger partial charge in [0.05, 0.1) is 24.5 Å². The molecule has 3 nitrogen and oxygen atoms in total. The minimum Gasteiger partial charge on any atom is -0.481 e. The first-order valence-corrected chi connectivity index (χ1v) is 7.44. The van der Waals surface area contributed by atoms with E-state index in [0.29, 0.717) is 13.0 Å². The Hall–Kier alpha value is -1.79. The zero-order valence-electron chi connectivity index (χ0n) is 12.8. The fourth-order valence-electron chi connectivity index (χ4n) is 2.37. The van der Waals surface area contributed by atoms with Gasteiger partial charge in [0, 0.05) is 0 Å². The van der Waals surface area contributed by atoms with Gasteiger partial charge in [-0.15, -0.1) is 6.42 Å². The maximum atomic E-state index is 11.4. The maximum Gasteiger partial charge on any atom is 0.307 e. The van der Waals surface area contributed by atoms with Crippen LogP contribution < -0.4 is 0 Å². The number of hydrogen-bond acceptors (Lipinski definition) is 2. The van der Waals surface area contributed by atoms with Crippen LogP contribution in [0.5, 0.6) is 0 Å². The summed E-state index contributed by atoms with van der Waals surface area (Å²) in [5, 5.41) is 9.38. The van der Waals surface area contributed by atoms with E-state index < -0.39 is 17.8 Å². The lowest BCUT2D eigenvalue weighted by atomic mass is 9.85. The lowest BCUT2D eigenvalue weighted by Crippen LogP contribution is -2.32. The first-order valence-electron chi connectivity index (χ1n) is 7.44. The van der Waals surface area contributed by atoms with Gasteiger partial charge in [0.1, 0.15) is 0 Å². The number of ether oxygens (including phenoxy) is 1. The molecule has 21 heavy (non-hydrogen) atoms. The standard InChI is InChI=1S/C18H24O3/c1-4-6-12-17(18(19)20)16(5-2)14(3)21-13-15-10-8-7-9-11-15/h2,7-11,14,16-17H,4,6,12-13H2,1,3H3,(H,19,20)/t14-,16+,17+/m0/s1. The molecule has 0 bridgehead atoms. The van der Waals surface area contributed by atoms with Gasteiger partial charge >= 0.3 is 5.97 Å². The lowest BCUT2D eigenvalue weighted by molar-refractivity contribution is -0.145. The van der Waals surface area contributed by atoms with E-state index in [9.17, 15) is 9.90 Å². The third kappa shape index (κ3) is 5.61. The van der Waals surface area contributed by atoms with Gasteiger partial charge in [0.15, 0.2) is 0 Å². The molecule has 0 radical (unpaired) electrons. The van der Waals surface area contributed by atoms with Gasteiger partial charge in [0.25, 0.3) is 0 Å². The fourth-order valence-corrected chi connectivity index (χ4v) is 2.37. The number of carbonyl (C=O) groups is 1. The molecule has 3 atom stereocenters. The molecule has 1 rings (SSSR count). The van der Waals surface area contributed by atoms with Crippen LogP contribution in [0, 0.1) is 24.2 Å². The highest BCUT2D eigenvalue weighted by Gasteiger charge is 2.31. The highest BCUT2D eigenvalue weighted by molar-refractivity contribution is 5.71. The topological polar surface area (TPSA) is 46.5 Å². The Kier molecular flexibility index (Phi) is 7.56. The number of aliphatic carboxylic acids is 1. The largest absolute Gasteiger partial charge is 0.481 e. The zero-order valence-corrected chi connectivity index (χ0v) is 12.8. The highest BCUT2D eigenvalue weighted by Crippen LogP contribution is 2.24. The number of carboxylic acid groups (broad SMARTS) is 1. The average molecular weight is 288 g/mol. The predicted molar refractivity (Wildman–Crippen MR) is 83.7 cm³/mol. The van der Waals surface area contributed by atoms with Crippen LogP contribution in [-0.4, -0.2) is 17.2 Å². The molecule has 0 aromatic heterocycles. The minimum absolute atomic E-state index is 0.284. The summed E-state index contributed by atoms with van der Waals surface area (Å²) in [7, 11) is 0. The van der Waals surface area contributed by atoms with Crippen LogP contribution in [0.3, 0.4) is 0 Å². The van der Waals surface area contributed by atoms with Crippen LogP contribution in [0.15, 0.2) is 30.3 Å². The molecule has 0 saturated heterocycles. The lowest BCUT2D eigenvalue weighted by Gasteiger charge is -2.25. The maximum absolute atomic E-state index is 11.4. The average Bonchev–Trinajstić information content (AvgIpc) is 2.49. The number of rotatable bonds is 9. The van der Waals surface area contributed by atoms with Gasteiger partial charge in [-0.25, -0.2) is 0 Å².